The molecule has 6 nitrogen and oxygen atoms in total. The van der Waals surface area contributed by atoms with Crippen LogP contribution in [0.25, 0.3) is 11.8 Å². The zero-order chi connectivity index (χ0) is 24.9. The largest absolute Gasteiger partial charge is 1.00 e. The van der Waals surface area contributed by atoms with E-state index >= 15 is 0 Å². The van der Waals surface area contributed by atoms with E-state index < -0.39 is 24.6 Å². The van der Waals surface area contributed by atoms with E-state index in [2.05, 4.69) is 31.2 Å². The first-order chi connectivity index (χ1) is 16.8. The summed E-state index contributed by atoms with van der Waals surface area (Å²) in [7, 11) is 0. The smallest absolute Gasteiger partial charge is 0.550 e. The predicted octanol–water partition coefficient (Wildman–Crippen LogP) is 0.252. The summed E-state index contributed by atoms with van der Waals surface area (Å²) < 4.78 is 15.4. The topological polar surface area (TPSA) is 98.4 Å². The number of carboxylic acids is 1. The van der Waals surface area contributed by atoms with Crippen LogP contribution < -0.4 is 34.7 Å². The summed E-state index contributed by atoms with van der Waals surface area (Å²) in [6.45, 7) is 2.07. The fourth-order valence-corrected chi connectivity index (χ4v) is 4.72. The molecule has 3 aromatic rings. The maximum Gasteiger partial charge on any atom is 1.00 e. The van der Waals surface area contributed by atoms with Gasteiger partial charge in [0, 0.05) is 30.3 Å². The molecule has 1 heterocycles. The Labute approximate surface area is 232 Å². The summed E-state index contributed by atoms with van der Waals surface area (Å²) in [5.74, 6) is -1.46. The zero-order valence-corrected chi connectivity index (χ0v) is 22.7. The van der Waals surface area contributed by atoms with Gasteiger partial charge in [0.25, 0.3) is 0 Å². The van der Waals surface area contributed by atoms with Crippen LogP contribution in [0.1, 0.15) is 59.7 Å². The number of fused-ring (bicyclic) bond motifs is 1. The van der Waals surface area contributed by atoms with E-state index in [1.807, 2.05) is 0 Å². The van der Waals surface area contributed by atoms with Gasteiger partial charge in [-0.3, -0.25) is 0 Å². The molecule has 4 rings (SSSR count). The molecule has 0 amide bonds. The molecule has 1 aromatic heterocycles. The third-order valence-electron chi connectivity index (χ3n) is 6.49. The third kappa shape index (κ3) is 7.14. The first kappa shape index (κ1) is 28.3. The Kier molecular flexibility index (Phi) is 10.0. The van der Waals surface area contributed by atoms with Crippen molar-refractivity contribution in [2.24, 2.45) is 0 Å². The third-order valence-corrected chi connectivity index (χ3v) is 6.49. The Hall–Kier alpha value is -2.29. The van der Waals surface area contributed by atoms with Gasteiger partial charge in [-0.25, -0.2) is 9.07 Å². The number of aliphatic hydroxyl groups excluding tert-OH is 2. The Balaban J connectivity index is 0.00000361. The Morgan fingerprint density at radius 3 is 2.56 bits per heavy atom. The van der Waals surface area contributed by atoms with E-state index in [0.717, 1.165) is 42.6 Å². The molecule has 2 aromatic carbocycles. The number of aliphatic hydroxyl groups is 2. The van der Waals surface area contributed by atoms with Crippen LogP contribution in [0, 0.1) is 12.7 Å². The van der Waals surface area contributed by atoms with Crippen molar-refractivity contribution in [2.45, 2.75) is 63.6 Å². The zero-order valence-electron chi connectivity index (χ0n) is 20.7. The Morgan fingerprint density at radius 2 is 1.89 bits per heavy atom. The van der Waals surface area contributed by atoms with Gasteiger partial charge >= 0.3 is 29.6 Å². The number of hydrogen-bond donors (Lipinski definition) is 2. The molecule has 1 aliphatic rings. The summed E-state index contributed by atoms with van der Waals surface area (Å²) in [6.07, 6.45) is 4.15. The van der Waals surface area contributed by atoms with Crippen molar-refractivity contribution in [3.8, 4) is 5.69 Å². The first-order valence-electron chi connectivity index (χ1n) is 12.0. The van der Waals surface area contributed by atoms with Gasteiger partial charge in [0.05, 0.1) is 29.3 Å². The molecule has 1 aliphatic carbocycles. The second-order valence-electron chi connectivity index (χ2n) is 9.31. The maximum absolute atomic E-state index is 13.6. The van der Waals surface area contributed by atoms with E-state index in [9.17, 15) is 24.5 Å². The average Bonchev–Trinajstić information content (AvgIpc) is 3.18. The maximum atomic E-state index is 13.6. The van der Waals surface area contributed by atoms with Crippen LogP contribution in [0.15, 0.2) is 54.6 Å². The van der Waals surface area contributed by atoms with E-state index in [1.165, 1.54) is 23.3 Å². The molecule has 0 spiro atoms. The molecule has 36 heavy (non-hydrogen) atoms. The number of carboxylic acid groups (broad SMARTS) is 1. The van der Waals surface area contributed by atoms with Gasteiger partial charge in [-0.05, 0) is 68.5 Å². The SMILES string of the molecule is Cc1ccc(CC2CCCc3c2nn(-c2ccc(F)cc2)c3/C=C/[C@@H](O)C[C@@H](O)CC(=O)[O-])cc1.[Na+]. The van der Waals surface area contributed by atoms with Crippen LogP contribution in [0.3, 0.4) is 0 Å². The fraction of sp³-hybridized carbons (Fsp3) is 0.357. The quantitative estimate of drug-likeness (QED) is 0.411. The molecule has 0 bridgehead atoms. The van der Waals surface area contributed by atoms with Gasteiger partial charge in [0.2, 0.25) is 0 Å². The van der Waals surface area contributed by atoms with Crippen LogP contribution in [0.5, 0.6) is 0 Å². The van der Waals surface area contributed by atoms with E-state index in [-0.39, 0.29) is 47.7 Å². The summed E-state index contributed by atoms with van der Waals surface area (Å²) in [5, 5.41) is 35.8. The summed E-state index contributed by atoms with van der Waals surface area (Å²) in [5.41, 5.74) is 6.08. The molecule has 0 aliphatic heterocycles. The van der Waals surface area contributed by atoms with Crippen LogP contribution in [0.4, 0.5) is 4.39 Å². The predicted molar refractivity (Wildman–Crippen MR) is 129 cm³/mol. The molecular weight excluding hydrogens is 470 g/mol. The fourth-order valence-electron chi connectivity index (χ4n) is 4.72. The van der Waals surface area contributed by atoms with Crippen LogP contribution in [-0.4, -0.2) is 38.2 Å². The molecule has 0 saturated heterocycles. The molecule has 184 valence electrons. The molecular formula is C28H30FN2NaO4. The summed E-state index contributed by atoms with van der Waals surface area (Å²) >= 11 is 0. The van der Waals surface area contributed by atoms with Crippen LogP contribution >= 0.6 is 0 Å². The number of aromatic nitrogens is 2. The first-order valence-corrected chi connectivity index (χ1v) is 12.0. The number of benzene rings is 2. The van der Waals surface area contributed by atoms with Crippen molar-refractivity contribution in [3.63, 3.8) is 0 Å². The minimum Gasteiger partial charge on any atom is -0.550 e. The van der Waals surface area contributed by atoms with Gasteiger partial charge < -0.3 is 20.1 Å². The van der Waals surface area contributed by atoms with Crippen molar-refractivity contribution in [1.82, 2.24) is 9.78 Å². The molecule has 0 fully saturated rings. The Bertz CT molecular complexity index is 1190. The minimum atomic E-state index is -1.36. The van der Waals surface area contributed by atoms with Gasteiger partial charge in [0.1, 0.15) is 5.82 Å². The summed E-state index contributed by atoms with van der Waals surface area (Å²) in [4.78, 5) is 10.7. The van der Waals surface area contributed by atoms with Gasteiger partial charge in [0.15, 0.2) is 0 Å². The standard InChI is InChI=1S/C28H31FN2O4.Na/c1-18-5-7-19(8-6-18)15-20-3-2-4-25-26(14-13-23(32)16-24(33)17-27(34)35)31(30-28(20)25)22-11-9-21(29)10-12-22;/h5-14,20,23-24,32-33H,2-4,15-17H2,1H3,(H,34,35);/q;+1/p-1/b14-13+;/t20?,23-,24-;/m1./s1. The molecule has 1 unspecified atom stereocenters. The number of halogens is 1. The monoisotopic (exact) mass is 500 g/mol. The summed E-state index contributed by atoms with van der Waals surface area (Å²) in [6, 6.07) is 14.6. The molecule has 2 N–H and O–H groups in total. The number of nitrogens with zero attached hydrogens (tertiary/aromatic N) is 2. The minimum absolute atomic E-state index is 0. The normalized spacial score (nSPS) is 16.8. The Morgan fingerprint density at radius 1 is 1.19 bits per heavy atom. The van der Waals surface area contributed by atoms with Crippen LogP contribution in [0.2, 0.25) is 0 Å². The van der Waals surface area contributed by atoms with Crippen molar-refractivity contribution in [1.29, 1.82) is 0 Å². The second kappa shape index (κ2) is 12.8. The van der Waals surface area contributed by atoms with Gasteiger partial charge in [-0.2, -0.15) is 5.10 Å². The second-order valence-corrected chi connectivity index (χ2v) is 9.31. The average molecular weight is 501 g/mol. The number of hydrogen-bond acceptors (Lipinski definition) is 5. The van der Waals surface area contributed by atoms with Crippen molar-refractivity contribution in [3.05, 3.63) is 88.5 Å². The van der Waals surface area contributed by atoms with Gasteiger partial charge in [-0.1, -0.05) is 35.9 Å². The van der Waals surface area contributed by atoms with E-state index in [4.69, 9.17) is 5.10 Å². The van der Waals surface area contributed by atoms with Crippen molar-refractivity contribution < 1.29 is 54.1 Å². The molecule has 8 heteroatoms. The number of rotatable bonds is 9. The number of carbonyl (C=O) groups excluding carboxylic acids is 1. The number of aliphatic carboxylic acids is 1. The van der Waals surface area contributed by atoms with E-state index in [1.54, 1.807) is 29.0 Å². The van der Waals surface area contributed by atoms with E-state index in [0.29, 0.717) is 5.69 Å². The van der Waals surface area contributed by atoms with Crippen molar-refractivity contribution in [2.75, 3.05) is 0 Å². The van der Waals surface area contributed by atoms with Crippen molar-refractivity contribution >= 4 is 12.0 Å². The molecule has 0 radical (unpaired) electrons. The number of aryl methyl sites for hydroxylation is 1. The van der Waals surface area contributed by atoms with Gasteiger partial charge in [-0.15, -0.1) is 0 Å². The molecule has 0 saturated carbocycles. The van der Waals surface area contributed by atoms with Crippen LogP contribution in [-0.2, 0) is 17.6 Å². The number of carbonyl (C=O) groups is 1. The molecule has 3 atom stereocenters.